The zero-order chi connectivity index (χ0) is 9.97. The van der Waals surface area contributed by atoms with Crippen molar-refractivity contribution in [1.82, 2.24) is 5.01 Å². The Bertz CT molecular complexity index is 373. The van der Waals surface area contributed by atoms with Crippen molar-refractivity contribution in [3.05, 3.63) is 42.1 Å². The lowest BCUT2D eigenvalue weighted by molar-refractivity contribution is -0.117. The van der Waals surface area contributed by atoms with Gasteiger partial charge in [-0.2, -0.15) is 0 Å². The highest BCUT2D eigenvalue weighted by atomic mass is 16.1. The summed E-state index contributed by atoms with van der Waals surface area (Å²) in [6, 6.07) is 8.07. The summed E-state index contributed by atoms with van der Waals surface area (Å²) in [5, 5.41) is 3.36. The number of para-hydroxylation sites is 1. The molecule has 1 amide bonds. The molecule has 1 aromatic carbocycles. The lowest BCUT2D eigenvalue weighted by atomic mass is 10.1. The van der Waals surface area contributed by atoms with Gasteiger partial charge in [-0.05, 0) is 18.1 Å². The molecule has 0 fully saturated rings. The van der Waals surface area contributed by atoms with Gasteiger partial charge in [0.1, 0.15) is 0 Å². The monoisotopic (exact) mass is 188 g/mol. The van der Waals surface area contributed by atoms with Crippen molar-refractivity contribution in [2.75, 3.05) is 12.1 Å². The second kappa shape index (κ2) is 3.54. The first-order chi connectivity index (χ1) is 6.83. The highest BCUT2D eigenvalue weighted by Gasteiger charge is 2.14. The van der Waals surface area contributed by atoms with Gasteiger partial charge >= 0.3 is 0 Å². The number of carbonyl (C=O) groups is 1. The van der Waals surface area contributed by atoms with Crippen molar-refractivity contribution in [3.8, 4) is 0 Å². The molecular weight excluding hydrogens is 176 g/mol. The largest absolute Gasteiger partial charge is 0.277 e. The number of fused-ring (bicyclic) bond motifs is 1. The van der Waals surface area contributed by atoms with Crippen molar-refractivity contribution in [1.29, 1.82) is 0 Å². The molecule has 0 N–H and O–H groups in total. The Morgan fingerprint density at radius 1 is 1.43 bits per heavy atom. The van der Waals surface area contributed by atoms with Gasteiger partial charge in [0.25, 0.3) is 0 Å². The number of hydrogen-bond acceptors (Lipinski definition) is 2. The lowest BCUT2D eigenvalue weighted by Crippen LogP contribution is -2.36. The molecule has 3 heteroatoms. The van der Waals surface area contributed by atoms with Gasteiger partial charge in [0, 0.05) is 13.2 Å². The molecule has 0 aliphatic carbocycles. The van der Waals surface area contributed by atoms with E-state index in [0.29, 0.717) is 0 Å². The third-order valence-electron chi connectivity index (χ3n) is 2.32. The van der Waals surface area contributed by atoms with Gasteiger partial charge in [-0.3, -0.25) is 14.8 Å². The Kier molecular flexibility index (Phi) is 2.23. The van der Waals surface area contributed by atoms with Crippen LogP contribution in [0.4, 0.5) is 5.69 Å². The molecule has 0 unspecified atom stereocenters. The summed E-state index contributed by atoms with van der Waals surface area (Å²) in [5.74, 6) is 0. The predicted octanol–water partition coefficient (Wildman–Crippen LogP) is 1.57. The SMILES string of the molecule is CN(C=O)N1C=CCc2ccccc21. The van der Waals surface area contributed by atoms with Gasteiger partial charge in [-0.1, -0.05) is 24.3 Å². The Morgan fingerprint density at radius 2 is 2.21 bits per heavy atom. The van der Waals surface area contributed by atoms with Crippen LogP contribution in [0.5, 0.6) is 0 Å². The zero-order valence-electron chi connectivity index (χ0n) is 8.05. The van der Waals surface area contributed by atoms with Crippen LogP contribution in [0.2, 0.25) is 0 Å². The number of allylic oxidation sites excluding steroid dienone is 1. The predicted molar refractivity (Wildman–Crippen MR) is 55.6 cm³/mol. The van der Waals surface area contributed by atoms with Crippen LogP contribution in [0.15, 0.2) is 36.5 Å². The molecule has 0 atom stereocenters. The van der Waals surface area contributed by atoms with Gasteiger partial charge in [-0.15, -0.1) is 0 Å². The van der Waals surface area contributed by atoms with Crippen LogP contribution in [-0.4, -0.2) is 18.5 Å². The number of rotatable bonds is 2. The summed E-state index contributed by atoms with van der Waals surface area (Å²) in [4.78, 5) is 10.7. The first-order valence-corrected chi connectivity index (χ1v) is 4.55. The molecule has 0 bridgehead atoms. The molecule has 3 nitrogen and oxygen atoms in total. The Hall–Kier alpha value is -1.77. The average molecular weight is 188 g/mol. The fraction of sp³-hybridized carbons (Fsp3) is 0.182. The highest BCUT2D eigenvalue weighted by Crippen LogP contribution is 2.25. The molecule has 0 saturated heterocycles. The van der Waals surface area contributed by atoms with E-state index in [2.05, 4.69) is 6.07 Å². The van der Waals surface area contributed by atoms with E-state index in [-0.39, 0.29) is 0 Å². The van der Waals surface area contributed by atoms with Crippen LogP contribution in [0.3, 0.4) is 0 Å². The molecule has 1 heterocycles. The number of amides is 1. The van der Waals surface area contributed by atoms with Crippen molar-refractivity contribution in [2.24, 2.45) is 0 Å². The summed E-state index contributed by atoms with van der Waals surface area (Å²) >= 11 is 0. The number of nitrogens with zero attached hydrogens (tertiary/aromatic N) is 2. The fourth-order valence-corrected chi connectivity index (χ4v) is 1.59. The van der Waals surface area contributed by atoms with Crippen LogP contribution < -0.4 is 5.01 Å². The number of hydrogen-bond donors (Lipinski definition) is 0. The third-order valence-corrected chi connectivity index (χ3v) is 2.32. The van der Waals surface area contributed by atoms with E-state index in [4.69, 9.17) is 0 Å². The minimum Gasteiger partial charge on any atom is -0.277 e. The average Bonchev–Trinajstić information content (AvgIpc) is 2.27. The van der Waals surface area contributed by atoms with E-state index in [1.54, 1.807) is 7.05 Å². The van der Waals surface area contributed by atoms with Crippen LogP contribution in [0.1, 0.15) is 5.56 Å². The molecule has 0 saturated carbocycles. The van der Waals surface area contributed by atoms with Crippen LogP contribution in [0.25, 0.3) is 0 Å². The Labute approximate surface area is 83.2 Å². The molecule has 0 spiro atoms. The topological polar surface area (TPSA) is 23.6 Å². The van der Waals surface area contributed by atoms with E-state index in [0.717, 1.165) is 18.5 Å². The fourth-order valence-electron chi connectivity index (χ4n) is 1.59. The van der Waals surface area contributed by atoms with E-state index < -0.39 is 0 Å². The minimum absolute atomic E-state index is 0.798. The number of benzene rings is 1. The summed E-state index contributed by atoms with van der Waals surface area (Å²) in [6.07, 6.45) is 5.69. The van der Waals surface area contributed by atoms with Gasteiger partial charge < -0.3 is 0 Å². The lowest BCUT2D eigenvalue weighted by Gasteiger charge is -2.31. The normalized spacial score (nSPS) is 13.6. The molecule has 0 aromatic heterocycles. The molecule has 1 aliphatic rings. The minimum atomic E-state index is 0.798. The van der Waals surface area contributed by atoms with E-state index in [1.165, 1.54) is 10.6 Å². The van der Waals surface area contributed by atoms with E-state index in [1.807, 2.05) is 35.5 Å². The number of hydrazine groups is 1. The Morgan fingerprint density at radius 3 is 3.00 bits per heavy atom. The molecule has 72 valence electrons. The summed E-state index contributed by atoms with van der Waals surface area (Å²) < 4.78 is 0. The van der Waals surface area contributed by atoms with Gasteiger partial charge in [0.2, 0.25) is 6.41 Å². The second-order valence-electron chi connectivity index (χ2n) is 3.24. The molecule has 1 aromatic rings. The van der Waals surface area contributed by atoms with E-state index in [9.17, 15) is 4.79 Å². The quantitative estimate of drug-likeness (QED) is 0.658. The zero-order valence-corrected chi connectivity index (χ0v) is 8.05. The smallest absolute Gasteiger partial charge is 0.228 e. The van der Waals surface area contributed by atoms with Crippen molar-refractivity contribution < 1.29 is 4.79 Å². The van der Waals surface area contributed by atoms with Crippen LogP contribution in [-0.2, 0) is 11.2 Å². The molecule has 0 radical (unpaired) electrons. The maximum absolute atomic E-state index is 10.7. The van der Waals surface area contributed by atoms with Crippen LogP contribution in [0, 0.1) is 0 Å². The van der Waals surface area contributed by atoms with Crippen molar-refractivity contribution >= 4 is 12.1 Å². The summed E-state index contributed by atoms with van der Waals surface area (Å²) in [5.41, 5.74) is 2.31. The molecule has 14 heavy (non-hydrogen) atoms. The van der Waals surface area contributed by atoms with Gasteiger partial charge in [0.15, 0.2) is 0 Å². The molecular formula is C11H12N2O. The van der Waals surface area contributed by atoms with E-state index >= 15 is 0 Å². The Balaban J connectivity index is 2.40. The van der Waals surface area contributed by atoms with Crippen molar-refractivity contribution in [3.63, 3.8) is 0 Å². The van der Waals surface area contributed by atoms with Crippen molar-refractivity contribution in [2.45, 2.75) is 6.42 Å². The maximum atomic E-state index is 10.7. The first-order valence-electron chi connectivity index (χ1n) is 4.55. The second-order valence-corrected chi connectivity index (χ2v) is 3.24. The van der Waals surface area contributed by atoms with Gasteiger partial charge in [-0.25, -0.2) is 0 Å². The standard InChI is InChI=1S/C11H12N2O/c1-12(9-14)13-8-4-6-10-5-2-3-7-11(10)13/h2-5,7-9H,6H2,1H3. The summed E-state index contributed by atoms with van der Waals surface area (Å²) in [6.45, 7) is 0. The maximum Gasteiger partial charge on any atom is 0.228 e. The van der Waals surface area contributed by atoms with Crippen LogP contribution >= 0.6 is 0 Å². The van der Waals surface area contributed by atoms with Gasteiger partial charge in [0.05, 0.1) is 5.69 Å². The molecule has 2 rings (SSSR count). The third kappa shape index (κ3) is 1.37. The summed E-state index contributed by atoms with van der Waals surface area (Å²) in [7, 11) is 1.74. The first kappa shape index (κ1) is 8.81. The highest BCUT2D eigenvalue weighted by molar-refractivity contribution is 5.62. The number of carbonyl (C=O) groups excluding carboxylic acids is 1. The molecule has 1 aliphatic heterocycles. The number of anilines is 1.